The number of nitrogens with zero attached hydrogens (tertiary/aromatic N) is 4. The maximum atomic E-state index is 2.64. The van der Waals surface area contributed by atoms with Crippen molar-refractivity contribution in [3.05, 3.63) is 0 Å². The van der Waals surface area contributed by atoms with Crippen molar-refractivity contribution in [2.24, 2.45) is 0 Å². The molecule has 0 aromatic heterocycles. The Bertz CT molecular complexity index is 203. The van der Waals surface area contributed by atoms with Crippen molar-refractivity contribution in [3.8, 4) is 0 Å². The highest BCUT2D eigenvalue weighted by molar-refractivity contribution is 5.04. The molecule has 4 aliphatic heterocycles. The molecule has 4 saturated heterocycles. The molecule has 0 N–H and O–H groups in total. The Kier molecular flexibility index (Phi) is 0.972. The molecule has 12 heavy (non-hydrogen) atoms. The van der Waals surface area contributed by atoms with E-state index in [1.807, 2.05) is 0 Å². The second-order valence-corrected chi connectivity index (χ2v) is 4.58. The van der Waals surface area contributed by atoms with Gasteiger partial charge in [0.25, 0.3) is 0 Å². The number of hydrogen-bond donors (Lipinski definition) is 0. The summed E-state index contributed by atoms with van der Waals surface area (Å²) < 4.78 is 0. The first-order valence-electron chi connectivity index (χ1n) is 4.83. The Hall–Kier alpha value is -0.160. The van der Waals surface area contributed by atoms with Crippen molar-refractivity contribution in [1.29, 1.82) is 0 Å². The Morgan fingerprint density at radius 2 is 1.08 bits per heavy atom. The van der Waals surface area contributed by atoms with Crippen LogP contribution in [-0.2, 0) is 0 Å². The van der Waals surface area contributed by atoms with Gasteiger partial charge in [-0.3, -0.25) is 19.6 Å². The number of rotatable bonds is 0. The van der Waals surface area contributed by atoms with E-state index in [9.17, 15) is 0 Å². The molecule has 0 spiro atoms. The number of hydrogen-bond acceptors (Lipinski definition) is 4. The van der Waals surface area contributed by atoms with Gasteiger partial charge in [-0.1, -0.05) is 0 Å². The summed E-state index contributed by atoms with van der Waals surface area (Å²) in [6.45, 7) is 7.52. The number of fused-ring (bicyclic) bond motifs is 2. The molecule has 0 aromatic rings. The highest BCUT2D eigenvalue weighted by Gasteiger charge is 2.51. The van der Waals surface area contributed by atoms with Gasteiger partial charge in [0, 0.05) is 25.2 Å². The van der Waals surface area contributed by atoms with Crippen molar-refractivity contribution in [1.82, 2.24) is 19.6 Å². The molecule has 4 heteroatoms. The van der Waals surface area contributed by atoms with Gasteiger partial charge in [-0.15, -0.1) is 0 Å². The summed E-state index contributed by atoms with van der Waals surface area (Å²) in [4.78, 5) is 10.4. The highest BCUT2D eigenvalue weighted by Crippen LogP contribution is 2.34. The average molecular weight is 166 g/mol. The maximum absolute atomic E-state index is 2.64. The SMILES string of the molecule is C1[C@@H]2[C@H]3CN4CN2CN1CN3C4. The molecule has 4 aliphatic rings. The summed E-state index contributed by atoms with van der Waals surface area (Å²) in [6, 6.07) is 1.72. The third-order valence-corrected chi connectivity index (χ3v) is 3.80. The quantitative estimate of drug-likeness (QED) is 0.449. The molecule has 4 heterocycles. The van der Waals surface area contributed by atoms with Crippen LogP contribution in [0.25, 0.3) is 0 Å². The third kappa shape index (κ3) is 0.599. The van der Waals surface area contributed by atoms with Crippen LogP contribution in [0.3, 0.4) is 0 Å². The average Bonchev–Trinajstić information content (AvgIpc) is 2.55. The van der Waals surface area contributed by atoms with Gasteiger partial charge in [0.2, 0.25) is 0 Å². The van der Waals surface area contributed by atoms with Gasteiger partial charge in [0.15, 0.2) is 0 Å². The van der Waals surface area contributed by atoms with Crippen molar-refractivity contribution in [2.75, 3.05) is 39.8 Å². The van der Waals surface area contributed by atoms with Crippen molar-refractivity contribution < 1.29 is 0 Å². The van der Waals surface area contributed by atoms with Gasteiger partial charge in [0.05, 0.1) is 26.7 Å². The van der Waals surface area contributed by atoms with Crippen LogP contribution in [0, 0.1) is 0 Å². The maximum Gasteiger partial charge on any atom is 0.0534 e. The van der Waals surface area contributed by atoms with Crippen LogP contribution >= 0.6 is 0 Å². The predicted molar refractivity (Wildman–Crippen MR) is 44.1 cm³/mol. The Morgan fingerprint density at radius 1 is 0.667 bits per heavy atom. The van der Waals surface area contributed by atoms with Crippen LogP contribution in [0.5, 0.6) is 0 Å². The summed E-state index contributed by atoms with van der Waals surface area (Å²) in [7, 11) is 0. The van der Waals surface area contributed by atoms with Crippen molar-refractivity contribution in [2.45, 2.75) is 12.1 Å². The zero-order valence-electron chi connectivity index (χ0n) is 7.19. The van der Waals surface area contributed by atoms with Crippen LogP contribution in [0.2, 0.25) is 0 Å². The molecule has 0 radical (unpaired) electrons. The molecule has 0 saturated carbocycles. The predicted octanol–water partition coefficient (Wildman–Crippen LogP) is -1.18. The highest BCUT2D eigenvalue weighted by atomic mass is 15.6. The summed E-state index contributed by atoms with van der Waals surface area (Å²) in [5, 5.41) is 0. The summed E-state index contributed by atoms with van der Waals surface area (Å²) in [6.07, 6.45) is 0. The van der Waals surface area contributed by atoms with Gasteiger partial charge in [-0.25, -0.2) is 0 Å². The van der Waals surface area contributed by atoms with Gasteiger partial charge >= 0.3 is 0 Å². The molecular weight excluding hydrogens is 152 g/mol. The Morgan fingerprint density at radius 3 is 1.50 bits per heavy atom. The topological polar surface area (TPSA) is 13.0 Å². The van der Waals surface area contributed by atoms with E-state index >= 15 is 0 Å². The standard InChI is InChI=1S/C8H14N4/c1-7-8-2-10-4-12(8)5-9(1)3-11(7)6-10/h7-8H,1-6H2/t7-,8-/m1/s1. The Balaban J connectivity index is 1.82. The first kappa shape index (κ1) is 6.32. The van der Waals surface area contributed by atoms with Crippen LogP contribution in [0.4, 0.5) is 0 Å². The largest absolute Gasteiger partial charge is 0.276 e. The molecular formula is C8H14N4. The van der Waals surface area contributed by atoms with Crippen molar-refractivity contribution >= 4 is 0 Å². The van der Waals surface area contributed by atoms with Crippen LogP contribution in [0.15, 0.2) is 0 Å². The molecule has 4 fully saturated rings. The zero-order valence-corrected chi connectivity index (χ0v) is 7.19. The molecule has 2 atom stereocenters. The lowest BCUT2D eigenvalue weighted by molar-refractivity contribution is 0.0893. The van der Waals surface area contributed by atoms with E-state index in [1.165, 1.54) is 39.8 Å². The monoisotopic (exact) mass is 166 g/mol. The minimum absolute atomic E-state index is 0.859. The summed E-state index contributed by atoms with van der Waals surface area (Å²) in [5.74, 6) is 0. The van der Waals surface area contributed by atoms with E-state index in [1.54, 1.807) is 0 Å². The van der Waals surface area contributed by atoms with Gasteiger partial charge < -0.3 is 0 Å². The fourth-order valence-electron chi connectivity index (χ4n) is 3.35. The van der Waals surface area contributed by atoms with E-state index in [4.69, 9.17) is 0 Å². The molecule has 0 aliphatic carbocycles. The van der Waals surface area contributed by atoms with E-state index in [2.05, 4.69) is 19.6 Å². The van der Waals surface area contributed by atoms with Crippen LogP contribution in [0.1, 0.15) is 0 Å². The first-order valence-corrected chi connectivity index (χ1v) is 4.83. The second-order valence-electron chi connectivity index (χ2n) is 4.58. The van der Waals surface area contributed by atoms with Crippen LogP contribution in [-0.4, -0.2) is 71.4 Å². The summed E-state index contributed by atoms with van der Waals surface area (Å²) in [5.41, 5.74) is 0. The normalized spacial score (nSPS) is 57.0. The molecule has 4 nitrogen and oxygen atoms in total. The molecule has 0 unspecified atom stereocenters. The first-order chi connectivity index (χ1) is 5.90. The summed E-state index contributed by atoms with van der Waals surface area (Å²) >= 11 is 0. The lowest BCUT2D eigenvalue weighted by atomic mass is 10.1. The third-order valence-electron chi connectivity index (χ3n) is 3.80. The molecule has 4 bridgehead atoms. The molecule has 4 rings (SSSR count). The van der Waals surface area contributed by atoms with E-state index in [0.29, 0.717) is 0 Å². The van der Waals surface area contributed by atoms with E-state index in [0.717, 1.165) is 12.1 Å². The van der Waals surface area contributed by atoms with Crippen LogP contribution < -0.4 is 0 Å². The Labute approximate surface area is 72.3 Å². The van der Waals surface area contributed by atoms with E-state index < -0.39 is 0 Å². The molecule has 66 valence electrons. The lowest BCUT2D eigenvalue weighted by Gasteiger charge is -2.37. The minimum atomic E-state index is 0.859. The van der Waals surface area contributed by atoms with Gasteiger partial charge in [-0.2, -0.15) is 0 Å². The smallest absolute Gasteiger partial charge is 0.0534 e. The fraction of sp³-hybridized carbons (Fsp3) is 1.00. The van der Waals surface area contributed by atoms with E-state index in [-0.39, 0.29) is 0 Å². The van der Waals surface area contributed by atoms with Crippen molar-refractivity contribution in [3.63, 3.8) is 0 Å². The molecule has 0 amide bonds. The zero-order chi connectivity index (χ0) is 7.71. The fourth-order valence-corrected chi connectivity index (χ4v) is 3.35. The lowest BCUT2D eigenvalue weighted by Crippen LogP contribution is -2.55. The minimum Gasteiger partial charge on any atom is -0.276 e. The second kappa shape index (κ2) is 1.85. The van der Waals surface area contributed by atoms with Gasteiger partial charge in [-0.05, 0) is 0 Å². The van der Waals surface area contributed by atoms with Gasteiger partial charge in [0.1, 0.15) is 0 Å². The molecule has 0 aromatic carbocycles.